The molecule has 0 fully saturated rings. The lowest BCUT2D eigenvalue weighted by Gasteiger charge is -2.39. The maximum absolute atomic E-state index is 13.9. The van der Waals surface area contributed by atoms with Crippen molar-refractivity contribution in [3.8, 4) is 0 Å². The number of nitrogens with one attached hydrogen (secondary N) is 2. The third-order valence-electron chi connectivity index (χ3n) is 9.42. The number of aliphatic hydroxyl groups is 2. The van der Waals surface area contributed by atoms with Crippen molar-refractivity contribution in [2.45, 2.75) is 42.5 Å². The van der Waals surface area contributed by atoms with E-state index in [0.29, 0.717) is 35.1 Å². The molecule has 6 aromatic rings. The van der Waals surface area contributed by atoms with E-state index in [4.69, 9.17) is 0 Å². The van der Waals surface area contributed by atoms with Crippen LogP contribution in [0.2, 0.25) is 0 Å². The number of carbonyl (C=O) groups is 2. The lowest BCUT2D eigenvalue weighted by Crippen LogP contribution is -2.55. The predicted molar refractivity (Wildman–Crippen MR) is 201 cm³/mol. The van der Waals surface area contributed by atoms with E-state index in [1.165, 1.54) is 0 Å². The van der Waals surface area contributed by atoms with Crippen LogP contribution in [0, 0.1) is 0 Å². The third kappa shape index (κ3) is 8.15. The first-order valence-corrected chi connectivity index (χ1v) is 17.2. The first-order valence-electron chi connectivity index (χ1n) is 17.2. The van der Waals surface area contributed by atoms with E-state index in [1.54, 1.807) is 0 Å². The summed E-state index contributed by atoms with van der Waals surface area (Å²) in [4.78, 5) is 27.9. The Morgan fingerprint density at radius 1 is 0.412 bits per heavy atom. The van der Waals surface area contributed by atoms with Crippen molar-refractivity contribution in [1.82, 2.24) is 10.6 Å². The van der Waals surface area contributed by atoms with Gasteiger partial charge in [0.15, 0.2) is 0 Å². The van der Waals surface area contributed by atoms with E-state index in [-0.39, 0.29) is 0 Å². The molecule has 0 saturated carbocycles. The fourth-order valence-corrected chi connectivity index (χ4v) is 6.85. The highest BCUT2D eigenvalue weighted by Crippen LogP contribution is 2.36. The average molecular weight is 675 g/mol. The van der Waals surface area contributed by atoms with Crippen LogP contribution in [0.5, 0.6) is 0 Å². The molecule has 0 bridgehead atoms. The lowest BCUT2D eigenvalue weighted by molar-refractivity contribution is -0.132. The summed E-state index contributed by atoms with van der Waals surface area (Å²) < 4.78 is 0. The molecular formula is C45H42N2O4. The van der Waals surface area contributed by atoms with E-state index in [1.807, 2.05) is 182 Å². The monoisotopic (exact) mass is 674 g/mol. The summed E-state index contributed by atoms with van der Waals surface area (Å²) in [6, 6.07) is 54.7. The van der Waals surface area contributed by atoms with Crippen molar-refractivity contribution in [3.63, 3.8) is 0 Å². The van der Waals surface area contributed by atoms with Gasteiger partial charge in [-0.15, -0.1) is 0 Å². The summed E-state index contributed by atoms with van der Waals surface area (Å²) in [5.74, 6) is -1.11. The van der Waals surface area contributed by atoms with Crippen LogP contribution in [-0.2, 0) is 33.6 Å². The van der Waals surface area contributed by atoms with Gasteiger partial charge < -0.3 is 20.8 Å². The topological polar surface area (TPSA) is 98.7 Å². The Balaban J connectivity index is 1.32. The Hall–Kier alpha value is -5.82. The van der Waals surface area contributed by atoms with Gasteiger partial charge in [-0.2, -0.15) is 0 Å². The maximum Gasteiger partial charge on any atom is 0.229 e. The molecule has 6 aromatic carbocycles. The second-order valence-electron chi connectivity index (χ2n) is 12.8. The minimum Gasteiger partial charge on any atom is -0.378 e. The Bertz CT molecular complexity index is 1750. The SMILES string of the molecule is O=C(CC(=O)NC(Cc1ccccc1)C(O)(c1ccccc1)c1ccccc1)NC(Cc1ccccc1)C(O)(c1ccccc1)c1ccccc1. The summed E-state index contributed by atoms with van der Waals surface area (Å²) in [6.07, 6.45) is 0.0790. The quantitative estimate of drug-likeness (QED) is 0.0967. The van der Waals surface area contributed by atoms with Gasteiger partial charge in [0.2, 0.25) is 11.8 Å². The zero-order valence-electron chi connectivity index (χ0n) is 28.3. The molecule has 51 heavy (non-hydrogen) atoms. The van der Waals surface area contributed by atoms with Crippen LogP contribution in [0.3, 0.4) is 0 Å². The van der Waals surface area contributed by atoms with Gasteiger partial charge in [-0.05, 0) is 46.2 Å². The molecule has 0 aliphatic heterocycles. The molecule has 6 heteroatoms. The second-order valence-corrected chi connectivity index (χ2v) is 12.8. The van der Waals surface area contributed by atoms with E-state index in [9.17, 15) is 19.8 Å². The molecule has 0 aliphatic rings. The molecular weight excluding hydrogens is 633 g/mol. The van der Waals surface area contributed by atoms with Crippen LogP contribution in [0.25, 0.3) is 0 Å². The Kier molecular flexibility index (Phi) is 11.2. The molecule has 6 rings (SSSR count). The van der Waals surface area contributed by atoms with Crippen molar-refractivity contribution >= 4 is 11.8 Å². The van der Waals surface area contributed by atoms with Gasteiger partial charge in [0.1, 0.15) is 17.6 Å². The van der Waals surface area contributed by atoms with E-state index < -0.39 is 41.5 Å². The third-order valence-corrected chi connectivity index (χ3v) is 9.42. The van der Waals surface area contributed by atoms with E-state index in [2.05, 4.69) is 10.6 Å². The number of carbonyl (C=O) groups excluding carboxylic acids is 2. The van der Waals surface area contributed by atoms with Gasteiger partial charge in [-0.1, -0.05) is 182 Å². The van der Waals surface area contributed by atoms with Crippen molar-refractivity contribution < 1.29 is 19.8 Å². The highest BCUT2D eigenvalue weighted by Gasteiger charge is 2.43. The number of benzene rings is 6. The lowest BCUT2D eigenvalue weighted by atomic mass is 9.77. The molecule has 4 N–H and O–H groups in total. The molecule has 0 aliphatic carbocycles. The maximum atomic E-state index is 13.9. The zero-order valence-corrected chi connectivity index (χ0v) is 28.3. The van der Waals surface area contributed by atoms with Crippen molar-refractivity contribution in [2.24, 2.45) is 0 Å². The van der Waals surface area contributed by atoms with Gasteiger partial charge >= 0.3 is 0 Å². The smallest absolute Gasteiger partial charge is 0.229 e. The first kappa shape index (κ1) is 35.0. The highest BCUT2D eigenvalue weighted by molar-refractivity contribution is 5.97. The normalized spacial score (nSPS) is 12.7. The zero-order chi connectivity index (χ0) is 35.5. The molecule has 2 atom stereocenters. The average Bonchev–Trinajstić information content (AvgIpc) is 3.19. The highest BCUT2D eigenvalue weighted by atomic mass is 16.3. The summed E-state index contributed by atoms with van der Waals surface area (Å²) in [6.45, 7) is 0. The van der Waals surface area contributed by atoms with Gasteiger partial charge in [-0.25, -0.2) is 0 Å². The van der Waals surface area contributed by atoms with Crippen LogP contribution >= 0.6 is 0 Å². The minimum atomic E-state index is -1.62. The van der Waals surface area contributed by atoms with Gasteiger partial charge in [0.05, 0.1) is 12.1 Å². The molecule has 0 heterocycles. The number of rotatable bonds is 14. The summed E-state index contributed by atoms with van der Waals surface area (Å²) in [7, 11) is 0. The van der Waals surface area contributed by atoms with Gasteiger partial charge in [-0.3, -0.25) is 9.59 Å². The molecule has 2 amide bonds. The van der Waals surface area contributed by atoms with Crippen LogP contribution in [0.1, 0.15) is 39.8 Å². The summed E-state index contributed by atoms with van der Waals surface area (Å²) in [5.41, 5.74) is 1.03. The van der Waals surface area contributed by atoms with Gasteiger partial charge in [0, 0.05) is 0 Å². The second kappa shape index (κ2) is 16.3. The fraction of sp³-hybridized carbons (Fsp3) is 0.156. The molecule has 6 nitrogen and oxygen atoms in total. The standard InChI is InChI=1S/C45H42N2O4/c48-42(46-40(31-34-19-7-1-8-20-34)44(50,36-23-11-3-12-24-36)37-25-13-4-14-26-37)33-43(49)47-41(32-35-21-9-2-10-22-35)45(51,38-27-15-5-16-28-38)39-29-17-6-18-30-39/h1-30,40-41,50-51H,31-33H2,(H,46,48)(H,47,49). The number of hydrogen-bond donors (Lipinski definition) is 4. The van der Waals surface area contributed by atoms with Crippen LogP contribution in [0.4, 0.5) is 0 Å². The molecule has 0 aromatic heterocycles. The Morgan fingerprint density at radius 2 is 0.647 bits per heavy atom. The van der Waals surface area contributed by atoms with E-state index >= 15 is 0 Å². The predicted octanol–water partition coefficient (Wildman–Crippen LogP) is 6.70. The number of amides is 2. The molecule has 0 spiro atoms. The number of hydrogen-bond acceptors (Lipinski definition) is 4. The minimum absolute atomic E-state index is 0.298. The van der Waals surface area contributed by atoms with Crippen molar-refractivity contribution in [2.75, 3.05) is 0 Å². The molecule has 2 unspecified atom stereocenters. The fourth-order valence-electron chi connectivity index (χ4n) is 6.85. The van der Waals surface area contributed by atoms with Gasteiger partial charge in [0.25, 0.3) is 0 Å². The first-order chi connectivity index (χ1) is 24.9. The van der Waals surface area contributed by atoms with E-state index in [0.717, 1.165) is 11.1 Å². The summed E-state index contributed by atoms with van der Waals surface area (Å²) >= 11 is 0. The molecule has 0 saturated heterocycles. The van der Waals surface area contributed by atoms with Crippen LogP contribution in [-0.4, -0.2) is 34.1 Å². The largest absolute Gasteiger partial charge is 0.378 e. The molecule has 256 valence electrons. The Labute approximate surface area is 299 Å². The van der Waals surface area contributed by atoms with Crippen LogP contribution < -0.4 is 10.6 Å². The summed E-state index contributed by atoms with van der Waals surface area (Å²) in [5, 5.41) is 31.4. The van der Waals surface area contributed by atoms with Crippen LogP contribution in [0.15, 0.2) is 182 Å². The van der Waals surface area contributed by atoms with Crippen molar-refractivity contribution in [1.29, 1.82) is 0 Å². The Morgan fingerprint density at radius 3 is 0.902 bits per heavy atom. The molecule has 0 radical (unpaired) electrons. The van der Waals surface area contributed by atoms with Crippen molar-refractivity contribution in [3.05, 3.63) is 215 Å².